The fourth-order valence-corrected chi connectivity index (χ4v) is 3.61. The van der Waals surface area contributed by atoms with E-state index < -0.39 is 0 Å². The second-order valence-electron chi connectivity index (χ2n) is 6.15. The quantitative estimate of drug-likeness (QED) is 0.712. The van der Waals surface area contributed by atoms with Crippen LogP contribution in [0.3, 0.4) is 0 Å². The number of benzene rings is 2. The molecule has 1 aliphatic heterocycles. The minimum Gasteiger partial charge on any atom is -0.486 e. The predicted molar refractivity (Wildman–Crippen MR) is 103 cm³/mol. The first-order valence-corrected chi connectivity index (χ1v) is 9.27. The number of rotatable bonds is 5. The van der Waals surface area contributed by atoms with Crippen LogP contribution in [-0.2, 0) is 6.61 Å². The van der Waals surface area contributed by atoms with Crippen LogP contribution >= 0.6 is 11.3 Å². The van der Waals surface area contributed by atoms with Crippen molar-refractivity contribution < 1.29 is 19.0 Å². The highest BCUT2D eigenvalue weighted by Gasteiger charge is 2.18. The van der Waals surface area contributed by atoms with Gasteiger partial charge in [0.1, 0.15) is 22.2 Å². The molecule has 0 atom stereocenters. The van der Waals surface area contributed by atoms with Crippen molar-refractivity contribution in [2.75, 3.05) is 12.1 Å². The number of aromatic nitrogens is 1. The molecule has 0 unspecified atom stereocenters. The Labute approximate surface area is 160 Å². The number of carbonyl (C=O) groups is 1. The zero-order valence-electron chi connectivity index (χ0n) is 14.9. The number of ether oxygens (including phenoxy) is 3. The lowest BCUT2D eigenvalue weighted by atomic mass is 10.2. The van der Waals surface area contributed by atoms with Crippen molar-refractivity contribution in [2.24, 2.45) is 0 Å². The average molecular weight is 382 g/mol. The van der Waals surface area contributed by atoms with Gasteiger partial charge < -0.3 is 19.5 Å². The number of carbonyl (C=O) groups excluding carboxylic acids is 1. The van der Waals surface area contributed by atoms with Gasteiger partial charge in [0, 0.05) is 11.8 Å². The first-order chi connectivity index (χ1) is 13.1. The maximum Gasteiger partial charge on any atom is 0.267 e. The van der Waals surface area contributed by atoms with Crippen LogP contribution in [0.4, 0.5) is 5.69 Å². The van der Waals surface area contributed by atoms with Crippen LogP contribution in [0.2, 0.25) is 0 Å². The summed E-state index contributed by atoms with van der Waals surface area (Å²) in [4.78, 5) is 17.6. The number of hydrogen-bond acceptors (Lipinski definition) is 6. The largest absolute Gasteiger partial charge is 0.486 e. The van der Waals surface area contributed by atoms with Gasteiger partial charge in [0.25, 0.3) is 5.91 Å². The molecule has 1 amide bonds. The molecule has 0 saturated heterocycles. The predicted octanol–water partition coefficient (Wildman–Crippen LogP) is 4.32. The third-order valence-corrected chi connectivity index (χ3v) is 5.16. The summed E-state index contributed by atoms with van der Waals surface area (Å²) in [6.07, 6.45) is 0. The van der Waals surface area contributed by atoms with Crippen molar-refractivity contribution >= 4 is 22.9 Å². The molecule has 2 aromatic carbocycles. The van der Waals surface area contributed by atoms with Crippen LogP contribution in [0, 0.1) is 13.8 Å². The lowest BCUT2D eigenvalue weighted by Gasteiger charge is -2.05. The Kier molecular flexibility index (Phi) is 4.68. The zero-order chi connectivity index (χ0) is 18.8. The fraction of sp³-hybridized carbons (Fsp3) is 0.200. The molecule has 1 aliphatic rings. The second-order valence-corrected chi connectivity index (χ2v) is 7.23. The lowest BCUT2D eigenvalue weighted by Crippen LogP contribution is -2.11. The minimum absolute atomic E-state index is 0.199. The van der Waals surface area contributed by atoms with Gasteiger partial charge in [-0.3, -0.25) is 4.79 Å². The topological polar surface area (TPSA) is 69.7 Å². The Morgan fingerprint density at radius 3 is 2.89 bits per heavy atom. The Morgan fingerprint density at radius 2 is 2.04 bits per heavy atom. The van der Waals surface area contributed by atoms with Crippen LogP contribution in [0.1, 0.15) is 25.9 Å². The molecule has 2 heterocycles. The van der Waals surface area contributed by atoms with E-state index in [1.54, 1.807) is 18.2 Å². The first kappa shape index (κ1) is 17.4. The van der Waals surface area contributed by atoms with Crippen LogP contribution in [0.15, 0.2) is 42.5 Å². The van der Waals surface area contributed by atoms with Crippen LogP contribution < -0.4 is 19.5 Å². The number of fused-ring (bicyclic) bond motifs is 1. The van der Waals surface area contributed by atoms with Crippen molar-refractivity contribution in [2.45, 2.75) is 20.5 Å². The Bertz CT molecular complexity index is 999. The molecule has 7 heteroatoms. The fourth-order valence-electron chi connectivity index (χ4n) is 2.74. The second kappa shape index (κ2) is 7.28. The molecular formula is C20H18N2O4S. The van der Waals surface area contributed by atoms with E-state index in [1.807, 2.05) is 38.1 Å². The molecule has 3 aromatic rings. The SMILES string of the molecule is Cc1cccc(OCc2nc(C)c(C(=O)Nc3ccc4c(c3)OCO4)s2)c1. The number of thiazole rings is 1. The molecule has 0 bridgehead atoms. The summed E-state index contributed by atoms with van der Waals surface area (Å²) in [5, 5.41) is 3.63. The summed E-state index contributed by atoms with van der Waals surface area (Å²) in [7, 11) is 0. The lowest BCUT2D eigenvalue weighted by molar-refractivity contribution is 0.103. The Morgan fingerprint density at radius 1 is 1.19 bits per heavy atom. The van der Waals surface area contributed by atoms with Gasteiger partial charge in [-0.2, -0.15) is 0 Å². The summed E-state index contributed by atoms with van der Waals surface area (Å²) in [5.74, 6) is 1.89. The summed E-state index contributed by atoms with van der Waals surface area (Å²) in [6.45, 7) is 4.36. The Hall–Kier alpha value is -3.06. The molecule has 0 spiro atoms. The summed E-state index contributed by atoms with van der Waals surface area (Å²) in [5.41, 5.74) is 2.46. The van der Waals surface area contributed by atoms with Gasteiger partial charge in [-0.05, 0) is 43.7 Å². The van der Waals surface area contributed by atoms with Gasteiger partial charge in [-0.1, -0.05) is 12.1 Å². The maximum absolute atomic E-state index is 12.6. The van der Waals surface area contributed by atoms with E-state index in [1.165, 1.54) is 11.3 Å². The van der Waals surface area contributed by atoms with Gasteiger partial charge in [-0.15, -0.1) is 11.3 Å². The monoisotopic (exact) mass is 382 g/mol. The van der Waals surface area contributed by atoms with Gasteiger partial charge in [0.15, 0.2) is 11.5 Å². The zero-order valence-corrected chi connectivity index (χ0v) is 15.8. The standard InChI is InChI=1S/C20H18N2O4S/c1-12-4-3-5-15(8-12)24-10-18-21-13(2)19(27-18)20(23)22-14-6-7-16-17(9-14)26-11-25-16/h3-9H,10-11H2,1-2H3,(H,22,23). The van der Waals surface area contributed by atoms with Gasteiger partial charge in [-0.25, -0.2) is 4.98 Å². The van der Waals surface area contributed by atoms with E-state index in [2.05, 4.69) is 10.3 Å². The number of anilines is 1. The van der Waals surface area contributed by atoms with Crippen LogP contribution in [0.25, 0.3) is 0 Å². The van der Waals surface area contributed by atoms with E-state index in [4.69, 9.17) is 14.2 Å². The highest BCUT2D eigenvalue weighted by molar-refractivity contribution is 7.13. The third kappa shape index (κ3) is 3.88. The van der Waals surface area contributed by atoms with Gasteiger partial charge in [0.2, 0.25) is 6.79 Å². The normalized spacial score (nSPS) is 12.1. The number of nitrogens with zero attached hydrogens (tertiary/aromatic N) is 1. The van der Waals surface area contributed by atoms with E-state index in [-0.39, 0.29) is 12.7 Å². The molecule has 6 nitrogen and oxygen atoms in total. The van der Waals surface area contributed by atoms with Crippen molar-refractivity contribution in [1.82, 2.24) is 4.98 Å². The maximum atomic E-state index is 12.6. The molecule has 4 rings (SSSR count). The van der Waals surface area contributed by atoms with Crippen molar-refractivity contribution in [1.29, 1.82) is 0 Å². The highest BCUT2D eigenvalue weighted by Crippen LogP contribution is 2.34. The molecule has 1 aromatic heterocycles. The molecular weight excluding hydrogens is 364 g/mol. The number of aryl methyl sites for hydroxylation is 2. The highest BCUT2D eigenvalue weighted by atomic mass is 32.1. The molecule has 0 aliphatic carbocycles. The molecule has 0 saturated carbocycles. The average Bonchev–Trinajstić information content (AvgIpc) is 3.26. The first-order valence-electron chi connectivity index (χ1n) is 8.45. The Balaban J connectivity index is 1.43. The number of amides is 1. The summed E-state index contributed by atoms with van der Waals surface area (Å²) < 4.78 is 16.4. The van der Waals surface area contributed by atoms with E-state index in [0.29, 0.717) is 34.4 Å². The molecule has 0 fully saturated rings. The number of hydrogen-bond donors (Lipinski definition) is 1. The van der Waals surface area contributed by atoms with Crippen LogP contribution in [-0.4, -0.2) is 17.7 Å². The third-order valence-electron chi connectivity index (χ3n) is 4.03. The van der Waals surface area contributed by atoms with E-state index >= 15 is 0 Å². The van der Waals surface area contributed by atoms with Crippen LogP contribution in [0.5, 0.6) is 17.2 Å². The van der Waals surface area contributed by atoms with Crippen molar-refractivity contribution in [3.8, 4) is 17.2 Å². The summed E-state index contributed by atoms with van der Waals surface area (Å²) in [6, 6.07) is 13.1. The smallest absolute Gasteiger partial charge is 0.267 e. The van der Waals surface area contributed by atoms with Gasteiger partial charge >= 0.3 is 0 Å². The molecule has 138 valence electrons. The molecule has 1 N–H and O–H groups in total. The summed E-state index contributed by atoms with van der Waals surface area (Å²) >= 11 is 1.33. The molecule has 27 heavy (non-hydrogen) atoms. The van der Waals surface area contributed by atoms with Crippen molar-refractivity contribution in [3.05, 3.63) is 63.6 Å². The van der Waals surface area contributed by atoms with E-state index in [9.17, 15) is 4.79 Å². The van der Waals surface area contributed by atoms with E-state index in [0.717, 1.165) is 16.3 Å². The minimum atomic E-state index is -0.203. The number of nitrogens with one attached hydrogen (secondary N) is 1. The van der Waals surface area contributed by atoms with Gasteiger partial charge in [0.05, 0.1) is 5.69 Å². The molecule has 0 radical (unpaired) electrons. The van der Waals surface area contributed by atoms with Crippen molar-refractivity contribution in [3.63, 3.8) is 0 Å².